The van der Waals surface area contributed by atoms with Crippen LogP contribution in [0.15, 0.2) is 47.6 Å². The van der Waals surface area contributed by atoms with Crippen molar-refractivity contribution >= 4 is 34.2 Å². The zero-order chi connectivity index (χ0) is 17.9. The predicted molar refractivity (Wildman–Crippen MR) is 100.0 cm³/mol. The van der Waals surface area contributed by atoms with Crippen molar-refractivity contribution in [1.82, 2.24) is 20.2 Å². The number of para-hydroxylation sites is 1. The molecule has 0 spiro atoms. The largest absolute Gasteiger partial charge is 0.497 e. The smallest absolute Gasteiger partial charge is 0.265 e. The molecular weight excluding hydrogens is 332 g/mol. The number of hydrazone groups is 1. The first kappa shape index (κ1) is 15.8. The summed E-state index contributed by atoms with van der Waals surface area (Å²) in [5.41, 5.74) is 5.93. The highest BCUT2D eigenvalue weighted by molar-refractivity contribution is 6.03. The molecule has 0 saturated carbocycles. The molecule has 0 saturated heterocycles. The lowest BCUT2D eigenvalue weighted by molar-refractivity contribution is 0.394. The summed E-state index contributed by atoms with van der Waals surface area (Å²) in [4.78, 5) is 7.63. The van der Waals surface area contributed by atoms with Gasteiger partial charge in [0.05, 0.1) is 20.4 Å². The third-order valence-corrected chi connectivity index (χ3v) is 3.93. The Morgan fingerprint density at radius 2 is 1.96 bits per heavy atom. The number of ether oxygens (including phenoxy) is 2. The van der Waals surface area contributed by atoms with Gasteiger partial charge in [-0.15, -0.1) is 10.2 Å². The molecule has 2 aromatic carbocycles. The number of fused-ring (bicyclic) bond motifs is 3. The molecule has 4 rings (SSSR count). The fourth-order valence-electron chi connectivity index (χ4n) is 2.65. The maximum absolute atomic E-state index is 5.33. The average Bonchev–Trinajstić information content (AvgIpc) is 3.06. The van der Waals surface area contributed by atoms with Gasteiger partial charge in [0.1, 0.15) is 17.0 Å². The molecule has 2 heterocycles. The van der Waals surface area contributed by atoms with Crippen molar-refractivity contribution in [2.45, 2.75) is 0 Å². The van der Waals surface area contributed by atoms with E-state index in [9.17, 15) is 0 Å². The van der Waals surface area contributed by atoms with Gasteiger partial charge in [0.2, 0.25) is 0 Å². The SMILES string of the molecule is COc1ccc(/C=N/Nc2nnc3c(n2)[nH]c2ccccc23)c(OC)c1. The van der Waals surface area contributed by atoms with E-state index in [-0.39, 0.29) is 0 Å². The standard InChI is InChI=1S/C18H16N6O2/c1-25-12-8-7-11(15(9-12)26-2)10-19-23-18-21-17-16(22-24-18)13-5-3-4-6-14(13)20-17/h3-10H,1-2H3,(H2,20,21,23,24)/b19-10+. The van der Waals surface area contributed by atoms with Gasteiger partial charge in [-0.1, -0.05) is 18.2 Å². The van der Waals surface area contributed by atoms with Gasteiger partial charge in [-0.25, -0.2) is 5.43 Å². The van der Waals surface area contributed by atoms with Crippen LogP contribution in [0.4, 0.5) is 5.95 Å². The molecule has 8 nitrogen and oxygen atoms in total. The molecule has 0 fully saturated rings. The molecule has 0 bridgehead atoms. The fourth-order valence-corrected chi connectivity index (χ4v) is 2.65. The Bertz CT molecular complexity index is 1110. The summed E-state index contributed by atoms with van der Waals surface area (Å²) in [5, 5.41) is 13.5. The van der Waals surface area contributed by atoms with E-state index in [1.165, 1.54) is 0 Å². The number of nitrogens with zero attached hydrogens (tertiary/aromatic N) is 4. The summed E-state index contributed by atoms with van der Waals surface area (Å²) in [5.74, 6) is 1.66. The van der Waals surface area contributed by atoms with Crippen LogP contribution < -0.4 is 14.9 Å². The number of H-pyrrole nitrogens is 1. The Hall–Kier alpha value is -3.68. The molecule has 0 aliphatic heterocycles. The van der Waals surface area contributed by atoms with Crippen LogP contribution >= 0.6 is 0 Å². The normalized spacial score (nSPS) is 11.3. The molecule has 26 heavy (non-hydrogen) atoms. The first-order valence-electron chi connectivity index (χ1n) is 7.91. The van der Waals surface area contributed by atoms with Crippen molar-refractivity contribution in [2.75, 3.05) is 19.6 Å². The van der Waals surface area contributed by atoms with E-state index in [2.05, 4.69) is 30.7 Å². The maximum Gasteiger partial charge on any atom is 0.265 e. The van der Waals surface area contributed by atoms with Gasteiger partial charge in [0.25, 0.3) is 5.95 Å². The Balaban J connectivity index is 1.58. The van der Waals surface area contributed by atoms with Crippen LogP contribution in [0.25, 0.3) is 22.1 Å². The Morgan fingerprint density at radius 3 is 2.81 bits per heavy atom. The van der Waals surface area contributed by atoms with Gasteiger partial charge in [-0.2, -0.15) is 10.1 Å². The zero-order valence-electron chi connectivity index (χ0n) is 14.2. The minimum Gasteiger partial charge on any atom is -0.497 e. The van der Waals surface area contributed by atoms with Crippen LogP contribution in [-0.4, -0.2) is 40.6 Å². The van der Waals surface area contributed by atoms with Crippen LogP contribution in [0.1, 0.15) is 5.56 Å². The van der Waals surface area contributed by atoms with Crippen LogP contribution in [0.3, 0.4) is 0 Å². The molecule has 0 amide bonds. The molecule has 0 aliphatic carbocycles. The van der Waals surface area contributed by atoms with Gasteiger partial charge in [0, 0.05) is 22.5 Å². The molecule has 2 aromatic heterocycles. The van der Waals surface area contributed by atoms with Gasteiger partial charge in [-0.05, 0) is 18.2 Å². The van der Waals surface area contributed by atoms with E-state index >= 15 is 0 Å². The number of aromatic nitrogens is 4. The highest BCUT2D eigenvalue weighted by atomic mass is 16.5. The second-order valence-corrected chi connectivity index (χ2v) is 5.48. The first-order chi connectivity index (χ1) is 12.8. The van der Waals surface area contributed by atoms with Crippen LogP contribution in [-0.2, 0) is 0 Å². The number of hydrogen-bond acceptors (Lipinski definition) is 7. The lowest BCUT2D eigenvalue weighted by Crippen LogP contribution is -1.99. The maximum atomic E-state index is 5.33. The van der Waals surface area contributed by atoms with Gasteiger partial charge < -0.3 is 14.5 Å². The summed E-state index contributed by atoms with van der Waals surface area (Å²) in [6, 6.07) is 13.3. The number of aromatic amines is 1. The summed E-state index contributed by atoms with van der Waals surface area (Å²) < 4.78 is 10.5. The highest BCUT2D eigenvalue weighted by Crippen LogP contribution is 2.23. The van der Waals surface area contributed by atoms with E-state index in [0.29, 0.717) is 23.1 Å². The molecular formula is C18H16N6O2. The van der Waals surface area contributed by atoms with Crippen LogP contribution in [0.5, 0.6) is 11.5 Å². The van der Waals surface area contributed by atoms with E-state index in [0.717, 1.165) is 22.0 Å². The predicted octanol–water partition coefficient (Wildman–Crippen LogP) is 2.97. The molecule has 130 valence electrons. The van der Waals surface area contributed by atoms with Gasteiger partial charge in [0.15, 0.2) is 5.65 Å². The van der Waals surface area contributed by atoms with Crippen LogP contribution in [0.2, 0.25) is 0 Å². The van der Waals surface area contributed by atoms with E-state index < -0.39 is 0 Å². The summed E-state index contributed by atoms with van der Waals surface area (Å²) >= 11 is 0. The molecule has 0 unspecified atom stereocenters. The Kier molecular flexibility index (Phi) is 4.06. The number of methoxy groups -OCH3 is 2. The van der Waals surface area contributed by atoms with Crippen molar-refractivity contribution in [3.8, 4) is 11.5 Å². The lowest BCUT2D eigenvalue weighted by atomic mass is 10.2. The minimum atomic E-state index is 0.299. The van der Waals surface area contributed by atoms with Crippen LogP contribution in [0, 0.1) is 0 Å². The number of anilines is 1. The second-order valence-electron chi connectivity index (χ2n) is 5.48. The minimum absolute atomic E-state index is 0.299. The molecule has 4 aromatic rings. The monoisotopic (exact) mass is 348 g/mol. The molecule has 0 aliphatic rings. The fraction of sp³-hybridized carbons (Fsp3) is 0.111. The Labute approximate surface area is 148 Å². The number of nitrogens with one attached hydrogen (secondary N) is 2. The van der Waals surface area contributed by atoms with Crippen molar-refractivity contribution in [3.63, 3.8) is 0 Å². The van der Waals surface area contributed by atoms with E-state index in [1.54, 1.807) is 26.5 Å². The Morgan fingerprint density at radius 1 is 1.08 bits per heavy atom. The molecule has 8 heteroatoms. The van der Waals surface area contributed by atoms with E-state index in [4.69, 9.17) is 9.47 Å². The first-order valence-corrected chi connectivity index (χ1v) is 7.91. The average molecular weight is 348 g/mol. The molecule has 0 radical (unpaired) electrons. The lowest BCUT2D eigenvalue weighted by Gasteiger charge is -2.06. The van der Waals surface area contributed by atoms with Crippen molar-refractivity contribution in [3.05, 3.63) is 48.0 Å². The second kappa shape index (κ2) is 6.67. The molecule has 2 N–H and O–H groups in total. The quantitative estimate of drug-likeness (QED) is 0.425. The van der Waals surface area contributed by atoms with Crippen molar-refractivity contribution < 1.29 is 9.47 Å². The highest BCUT2D eigenvalue weighted by Gasteiger charge is 2.08. The number of hydrogen-bond donors (Lipinski definition) is 2. The summed E-state index contributed by atoms with van der Waals surface area (Å²) in [6.07, 6.45) is 1.62. The zero-order valence-corrected chi connectivity index (χ0v) is 14.2. The topological polar surface area (TPSA) is 97.3 Å². The number of benzene rings is 2. The van der Waals surface area contributed by atoms with Gasteiger partial charge in [-0.3, -0.25) is 0 Å². The van der Waals surface area contributed by atoms with Crippen molar-refractivity contribution in [2.24, 2.45) is 5.10 Å². The number of rotatable bonds is 5. The van der Waals surface area contributed by atoms with Crippen molar-refractivity contribution in [1.29, 1.82) is 0 Å². The van der Waals surface area contributed by atoms with E-state index in [1.807, 2.05) is 36.4 Å². The summed E-state index contributed by atoms with van der Waals surface area (Å²) in [6.45, 7) is 0. The molecule has 0 atom stereocenters. The third-order valence-electron chi connectivity index (χ3n) is 3.93. The summed E-state index contributed by atoms with van der Waals surface area (Å²) in [7, 11) is 3.20. The van der Waals surface area contributed by atoms with Gasteiger partial charge >= 0.3 is 0 Å². The third kappa shape index (κ3) is 2.88.